The van der Waals surface area contributed by atoms with Crippen LogP contribution in [-0.4, -0.2) is 6.54 Å². The van der Waals surface area contributed by atoms with E-state index in [2.05, 4.69) is 25.2 Å². The Morgan fingerprint density at radius 3 is 2.53 bits per heavy atom. The normalized spacial score (nSPS) is 20.6. The summed E-state index contributed by atoms with van der Waals surface area (Å²) in [6.45, 7) is 5.56. The van der Waals surface area contributed by atoms with Crippen LogP contribution < -0.4 is 5.32 Å². The lowest BCUT2D eigenvalue weighted by molar-refractivity contribution is 0.192. The molecule has 0 spiro atoms. The molecule has 0 amide bonds. The number of rotatable bonds is 5. The molecule has 1 aliphatic rings. The minimum Gasteiger partial charge on any atom is -0.309 e. The third kappa shape index (κ3) is 2.69. The Balaban J connectivity index is 2.27. The van der Waals surface area contributed by atoms with Crippen LogP contribution >= 0.6 is 22.9 Å². The fraction of sp³-hybridized carbons (Fsp3) is 0.714. The molecule has 1 heterocycles. The number of hydrogen-bond acceptors (Lipinski definition) is 2. The van der Waals surface area contributed by atoms with Crippen molar-refractivity contribution in [3.8, 4) is 0 Å². The van der Waals surface area contributed by atoms with Crippen molar-refractivity contribution in [3.63, 3.8) is 0 Å². The van der Waals surface area contributed by atoms with Crippen LogP contribution in [0.15, 0.2) is 12.1 Å². The summed E-state index contributed by atoms with van der Waals surface area (Å²) in [7, 11) is 0. The smallest absolute Gasteiger partial charge is 0.0931 e. The first-order chi connectivity index (χ1) is 8.22. The average Bonchev–Trinajstić information content (AvgIpc) is 2.95. The average molecular weight is 272 g/mol. The van der Waals surface area contributed by atoms with Gasteiger partial charge in [-0.25, -0.2) is 0 Å². The van der Waals surface area contributed by atoms with E-state index < -0.39 is 0 Å². The third-order valence-electron chi connectivity index (χ3n) is 4.20. The Morgan fingerprint density at radius 2 is 2.06 bits per heavy atom. The van der Waals surface area contributed by atoms with E-state index >= 15 is 0 Å². The van der Waals surface area contributed by atoms with Gasteiger partial charge in [-0.05, 0) is 43.4 Å². The van der Waals surface area contributed by atoms with Gasteiger partial charge < -0.3 is 5.32 Å². The second kappa shape index (κ2) is 5.73. The number of nitrogens with one attached hydrogen (secondary N) is 1. The highest BCUT2D eigenvalue weighted by molar-refractivity contribution is 7.16. The van der Waals surface area contributed by atoms with Gasteiger partial charge in [0.1, 0.15) is 0 Å². The summed E-state index contributed by atoms with van der Waals surface area (Å²) in [5, 5.41) is 3.70. The maximum absolute atomic E-state index is 6.09. The van der Waals surface area contributed by atoms with Gasteiger partial charge >= 0.3 is 0 Å². The van der Waals surface area contributed by atoms with E-state index in [1.54, 1.807) is 11.3 Å². The van der Waals surface area contributed by atoms with Crippen LogP contribution in [0, 0.1) is 5.41 Å². The molecule has 0 radical (unpaired) electrons. The highest BCUT2D eigenvalue weighted by Crippen LogP contribution is 2.51. The van der Waals surface area contributed by atoms with Crippen LogP contribution in [0.1, 0.15) is 56.9 Å². The Hall–Kier alpha value is -0.0500. The summed E-state index contributed by atoms with van der Waals surface area (Å²) in [5.41, 5.74) is 0.462. The van der Waals surface area contributed by atoms with E-state index in [1.807, 2.05) is 6.07 Å². The SMILES string of the molecule is CCNC(c1ccc(Cl)s1)C1(CC)CCCC1. The first-order valence-electron chi connectivity index (χ1n) is 6.70. The van der Waals surface area contributed by atoms with E-state index in [0.29, 0.717) is 11.5 Å². The molecule has 3 heteroatoms. The van der Waals surface area contributed by atoms with Crippen molar-refractivity contribution in [1.82, 2.24) is 5.32 Å². The van der Waals surface area contributed by atoms with Crippen LogP contribution in [0.2, 0.25) is 4.34 Å². The first kappa shape index (κ1) is 13.4. The topological polar surface area (TPSA) is 12.0 Å². The molecule has 0 aliphatic heterocycles. The van der Waals surface area contributed by atoms with Crippen LogP contribution in [-0.2, 0) is 0 Å². The second-order valence-corrected chi connectivity index (χ2v) is 6.80. The summed E-state index contributed by atoms with van der Waals surface area (Å²) >= 11 is 7.83. The predicted molar refractivity (Wildman–Crippen MR) is 76.9 cm³/mol. The quantitative estimate of drug-likeness (QED) is 0.793. The molecule has 1 saturated carbocycles. The van der Waals surface area contributed by atoms with Crippen molar-refractivity contribution >= 4 is 22.9 Å². The molecule has 0 saturated heterocycles. The van der Waals surface area contributed by atoms with Gasteiger partial charge in [-0.1, -0.05) is 38.3 Å². The van der Waals surface area contributed by atoms with E-state index in [-0.39, 0.29) is 0 Å². The molecular weight excluding hydrogens is 250 g/mol. The van der Waals surface area contributed by atoms with Gasteiger partial charge in [0.15, 0.2) is 0 Å². The lowest BCUT2D eigenvalue weighted by Crippen LogP contribution is -2.35. The Labute approximate surface area is 114 Å². The molecule has 1 N–H and O–H groups in total. The second-order valence-electron chi connectivity index (χ2n) is 5.06. The number of thiophene rings is 1. The molecule has 1 aliphatic carbocycles. The molecule has 1 aromatic rings. The standard InChI is InChI=1S/C14H22ClNS/c1-3-14(9-5-6-10-14)13(16-4-2)11-7-8-12(15)17-11/h7-8,13,16H,3-6,9-10H2,1-2H3. The molecule has 1 nitrogen and oxygen atoms in total. The summed E-state index contributed by atoms with van der Waals surface area (Å²) in [5.74, 6) is 0. The highest BCUT2D eigenvalue weighted by atomic mass is 35.5. The van der Waals surface area contributed by atoms with Crippen molar-refractivity contribution in [2.75, 3.05) is 6.54 Å². The number of halogens is 1. The lowest BCUT2D eigenvalue weighted by Gasteiger charge is -2.37. The summed E-state index contributed by atoms with van der Waals surface area (Å²) in [4.78, 5) is 1.42. The molecule has 17 heavy (non-hydrogen) atoms. The van der Waals surface area contributed by atoms with E-state index in [9.17, 15) is 0 Å². The third-order valence-corrected chi connectivity index (χ3v) is 5.50. The van der Waals surface area contributed by atoms with Crippen LogP contribution in [0.25, 0.3) is 0 Å². The van der Waals surface area contributed by atoms with E-state index in [1.165, 1.54) is 37.0 Å². The molecule has 1 atom stereocenters. The van der Waals surface area contributed by atoms with Crippen molar-refractivity contribution in [2.24, 2.45) is 5.41 Å². The summed E-state index contributed by atoms with van der Waals surface area (Å²) in [6, 6.07) is 4.73. The molecule has 1 unspecified atom stereocenters. The minimum absolute atomic E-state index is 0.462. The lowest BCUT2D eigenvalue weighted by atomic mass is 9.75. The Bertz CT molecular complexity index is 355. The maximum Gasteiger partial charge on any atom is 0.0931 e. The Morgan fingerprint density at radius 1 is 1.35 bits per heavy atom. The maximum atomic E-state index is 6.09. The molecule has 2 rings (SSSR count). The van der Waals surface area contributed by atoms with Gasteiger partial charge in [-0.3, -0.25) is 0 Å². The molecule has 0 bridgehead atoms. The fourth-order valence-electron chi connectivity index (χ4n) is 3.23. The first-order valence-corrected chi connectivity index (χ1v) is 7.90. The Kier molecular flexibility index (Phi) is 4.51. The van der Waals surface area contributed by atoms with Crippen molar-refractivity contribution in [1.29, 1.82) is 0 Å². The molecular formula is C14H22ClNS. The molecule has 1 fully saturated rings. The van der Waals surface area contributed by atoms with Crippen molar-refractivity contribution in [3.05, 3.63) is 21.3 Å². The monoisotopic (exact) mass is 271 g/mol. The molecule has 0 aromatic carbocycles. The van der Waals surface area contributed by atoms with Gasteiger partial charge in [0.25, 0.3) is 0 Å². The number of hydrogen-bond donors (Lipinski definition) is 1. The van der Waals surface area contributed by atoms with Gasteiger partial charge in [0.2, 0.25) is 0 Å². The largest absolute Gasteiger partial charge is 0.309 e. The molecule has 96 valence electrons. The van der Waals surface area contributed by atoms with Crippen LogP contribution in [0.4, 0.5) is 0 Å². The van der Waals surface area contributed by atoms with Gasteiger partial charge in [-0.2, -0.15) is 0 Å². The zero-order chi connectivity index (χ0) is 12.3. The predicted octanol–water partition coefficient (Wildman–Crippen LogP) is 5.02. The van der Waals surface area contributed by atoms with Crippen LogP contribution in [0.3, 0.4) is 0 Å². The fourth-order valence-corrected chi connectivity index (χ4v) is 4.51. The minimum atomic E-state index is 0.462. The van der Waals surface area contributed by atoms with Crippen molar-refractivity contribution in [2.45, 2.75) is 52.0 Å². The van der Waals surface area contributed by atoms with Gasteiger partial charge in [-0.15, -0.1) is 11.3 Å². The molecule has 1 aromatic heterocycles. The van der Waals surface area contributed by atoms with Gasteiger partial charge in [0, 0.05) is 10.9 Å². The summed E-state index contributed by atoms with van der Waals surface area (Å²) < 4.78 is 0.909. The van der Waals surface area contributed by atoms with Crippen molar-refractivity contribution < 1.29 is 0 Å². The van der Waals surface area contributed by atoms with E-state index in [4.69, 9.17) is 11.6 Å². The van der Waals surface area contributed by atoms with Gasteiger partial charge in [0.05, 0.1) is 4.34 Å². The highest BCUT2D eigenvalue weighted by Gasteiger charge is 2.40. The summed E-state index contributed by atoms with van der Waals surface area (Å²) in [6.07, 6.45) is 6.75. The zero-order valence-corrected chi connectivity index (χ0v) is 12.3. The van der Waals surface area contributed by atoms with Crippen LogP contribution in [0.5, 0.6) is 0 Å². The van der Waals surface area contributed by atoms with E-state index in [0.717, 1.165) is 10.9 Å². The zero-order valence-electron chi connectivity index (χ0n) is 10.8.